The van der Waals surface area contributed by atoms with Crippen molar-refractivity contribution in [2.45, 2.75) is 34.2 Å². The Morgan fingerprint density at radius 1 is 0.853 bits per heavy atom. The van der Waals surface area contributed by atoms with Gasteiger partial charge < -0.3 is 9.05 Å². The maximum atomic E-state index is 14.0. The lowest BCUT2D eigenvalue weighted by atomic mass is 10.1. The van der Waals surface area contributed by atoms with E-state index in [1.54, 1.807) is 13.8 Å². The molecule has 34 heavy (non-hydrogen) atoms. The molecule has 0 aliphatic heterocycles. The smallest absolute Gasteiger partial charge is 0.303 e. The molecular formula is C27H30N3O3P. The van der Waals surface area contributed by atoms with Crippen molar-refractivity contribution in [3.8, 4) is 0 Å². The summed E-state index contributed by atoms with van der Waals surface area (Å²) in [5, 5.41) is 0.865. The molecule has 0 N–H and O–H groups in total. The van der Waals surface area contributed by atoms with Crippen molar-refractivity contribution in [3.05, 3.63) is 95.0 Å². The molecule has 0 atom stereocenters. The molecule has 0 fully saturated rings. The van der Waals surface area contributed by atoms with Gasteiger partial charge in [-0.15, -0.1) is 0 Å². The van der Waals surface area contributed by atoms with Crippen molar-refractivity contribution in [2.24, 2.45) is 4.99 Å². The minimum atomic E-state index is -3.71. The summed E-state index contributed by atoms with van der Waals surface area (Å²) < 4.78 is 27.4. The van der Waals surface area contributed by atoms with Gasteiger partial charge in [0.05, 0.1) is 31.0 Å². The number of hydrogen-bond acceptors (Lipinski definition) is 5. The third-order valence-electron chi connectivity index (χ3n) is 5.55. The molecule has 0 saturated heterocycles. The number of rotatable bonds is 8. The first-order valence-corrected chi connectivity index (χ1v) is 13.0. The fraction of sp³-hybridized carbons (Fsp3) is 0.259. The van der Waals surface area contributed by atoms with Crippen LogP contribution in [-0.2, 0) is 20.2 Å². The van der Waals surface area contributed by atoms with E-state index in [1.807, 2.05) is 91.2 Å². The van der Waals surface area contributed by atoms with Crippen molar-refractivity contribution in [1.29, 1.82) is 0 Å². The van der Waals surface area contributed by atoms with Gasteiger partial charge >= 0.3 is 7.60 Å². The Bertz CT molecular complexity index is 1380. The van der Waals surface area contributed by atoms with Crippen LogP contribution < -0.4 is 11.1 Å². The lowest BCUT2D eigenvalue weighted by molar-refractivity contribution is 0.227. The van der Waals surface area contributed by atoms with E-state index >= 15 is 0 Å². The van der Waals surface area contributed by atoms with Crippen molar-refractivity contribution < 1.29 is 13.6 Å². The summed E-state index contributed by atoms with van der Waals surface area (Å²) in [4.78, 5) is 9.97. The van der Waals surface area contributed by atoms with E-state index < -0.39 is 7.60 Å². The monoisotopic (exact) mass is 475 g/mol. The maximum absolute atomic E-state index is 14.0. The second-order valence-electron chi connectivity index (χ2n) is 8.01. The van der Waals surface area contributed by atoms with E-state index in [2.05, 4.69) is 0 Å². The predicted octanol–water partition coefficient (Wildman–Crippen LogP) is 5.83. The SMILES string of the molecule is CCOP(=O)(OCC)c1nc2ccccc2c(=Nc2c(C)cccc2C)n1Cc1ccccc1. The molecule has 3 aromatic carbocycles. The molecule has 0 bridgehead atoms. The van der Waals surface area contributed by atoms with Crippen molar-refractivity contribution in [2.75, 3.05) is 13.2 Å². The van der Waals surface area contributed by atoms with Crippen molar-refractivity contribution in [1.82, 2.24) is 9.55 Å². The van der Waals surface area contributed by atoms with Gasteiger partial charge in [0.2, 0.25) is 5.57 Å². The van der Waals surface area contributed by atoms with Crippen LogP contribution in [0.3, 0.4) is 0 Å². The third kappa shape index (κ3) is 4.90. The minimum absolute atomic E-state index is 0.237. The Hall–Kier alpha value is -3.05. The second-order valence-corrected chi connectivity index (χ2v) is 9.92. The van der Waals surface area contributed by atoms with Gasteiger partial charge in [0.1, 0.15) is 5.49 Å². The lowest BCUT2D eigenvalue weighted by Crippen LogP contribution is -2.37. The minimum Gasteiger partial charge on any atom is -0.303 e. The topological polar surface area (TPSA) is 65.7 Å². The van der Waals surface area contributed by atoms with Crippen LogP contribution in [0.15, 0.2) is 77.8 Å². The second kappa shape index (κ2) is 10.5. The summed E-state index contributed by atoms with van der Waals surface area (Å²) in [5.74, 6) is 0. The van der Waals surface area contributed by atoms with E-state index in [-0.39, 0.29) is 18.8 Å². The van der Waals surface area contributed by atoms with Crippen LogP contribution in [0.1, 0.15) is 30.5 Å². The Balaban J connectivity index is 2.14. The highest BCUT2D eigenvalue weighted by Crippen LogP contribution is 2.46. The van der Waals surface area contributed by atoms with Crippen molar-refractivity contribution in [3.63, 3.8) is 0 Å². The molecule has 176 valence electrons. The zero-order chi connectivity index (χ0) is 24.1. The van der Waals surface area contributed by atoms with E-state index in [4.69, 9.17) is 19.0 Å². The van der Waals surface area contributed by atoms with Crippen LogP contribution in [0.5, 0.6) is 0 Å². The fourth-order valence-electron chi connectivity index (χ4n) is 3.99. The summed E-state index contributed by atoms with van der Waals surface area (Å²) in [7, 11) is -3.71. The van der Waals surface area contributed by atoms with Crippen LogP contribution in [0.4, 0.5) is 5.69 Å². The zero-order valence-corrected chi connectivity index (χ0v) is 21.0. The van der Waals surface area contributed by atoms with Gasteiger partial charge in [-0.25, -0.2) is 9.98 Å². The first kappa shape index (κ1) is 24.1. The van der Waals surface area contributed by atoms with E-state index in [1.165, 1.54) is 0 Å². The largest absolute Gasteiger partial charge is 0.396 e. The van der Waals surface area contributed by atoms with Crippen LogP contribution in [0.25, 0.3) is 10.9 Å². The van der Waals surface area contributed by atoms with E-state index in [0.717, 1.165) is 27.8 Å². The number of para-hydroxylation sites is 2. The van der Waals surface area contributed by atoms with Crippen LogP contribution in [0, 0.1) is 13.8 Å². The highest BCUT2D eigenvalue weighted by atomic mass is 31.2. The van der Waals surface area contributed by atoms with Gasteiger partial charge in [-0.1, -0.05) is 60.7 Å². The van der Waals surface area contributed by atoms with Gasteiger partial charge in [-0.05, 0) is 56.5 Å². The van der Waals surface area contributed by atoms with Gasteiger partial charge in [0.25, 0.3) is 0 Å². The molecule has 0 amide bonds. The fourth-order valence-corrected chi connectivity index (χ4v) is 5.67. The number of fused-ring (bicyclic) bond motifs is 1. The Morgan fingerprint density at radius 2 is 1.47 bits per heavy atom. The van der Waals surface area contributed by atoms with Crippen LogP contribution in [-0.4, -0.2) is 22.8 Å². The number of hydrogen-bond donors (Lipinski definition) is 0. The normalized spacial score (nSPS) is 12.4. The van der Waals surface area contributed by atoms with Gasteiger partial charge in [-0.2, -0.15) is 0 Å². The summed E-state index contributed by atoms with van der Waals surface area (Å²) in [6.07, 6.45) is 0. The molecule has 1 aromatic heterocycles. The van der Waals surface area contributed by atoms with Gasteiger partial charge in [-0.3, -0.25) is 9.13 Å². The highest BCUT2D eigenvalue weighted by Gasteiger charge is 2.33. The summed E-state index contributed by atoms with van der Waals surface area (Å²) in [6, 6.07) is 23.9. The first-order valence-electron chi connectivity index (χ1n) is 11.5. The molecule has 0 saturated carbocycles. The highest BCUT2D eigenvalue weighted by molar-refractivity contribution is 7.61. The van der Waals surface area contributed by atoms with E-state index in [0.29, 0.717) is 17.5 Å². The molecule has 4 rings (SSSR count). The Morgan fingerprint density at radius 3 is 2.12 bits per heavy atom. The van der Waals surface area contributed by atoms with Crippen LogP contribution >= 0.6 is 7.60 Å². The summed E-state index contributed by atoms with van der Waals surface area (Å²) >= 11 is 0. The molecule has 6 nitrogen and oxygen atoms in total. The molecule has 0 aliphatic carbocycles. The number of aromatic nitrogens is 2. The number of nitrogens with zero attached hydrogens (tertiary/aromatic N) is 3. The zero-order valence-electron chi connectivity index (χ0n) is 20.1. The molecule has 1 heterocycles. The average molecular weight is 476 g/mol. The van der Waals surface area contributed by atoms with Gasteiger partial charge in [0.15, 0.2) is 0 Å². The van der Waals surface area contributed by atoms with E-state index in [9.17, 15) is 4.57 Å². The predicted molar refractivity (Wildman–Crippen MR) is 137 cm³/mol. The lowest BCUT2D eigenvalue weighted by Gasteiger charge is -2.22. The Labute approximate surface area is 200 Å². The van der Waals surface area contributed by atoms with Crippen LogP contribution in [0.2, 0.25) is 0 Å². The van der Waals surface area contributed by atoms with Crippen molar-refractivity contribution >= 4 is 29.8 Å². The molecule has 0 radical (unpaired) electrons. The molecular weight excluding hydrogens is 445 g/mol. The molecule has 0 aliphatic rings. The summed E-state index contributed by atoms with van der Waals surface area (Å²) in [6.45, 7) is 8.58. The quantitative estimate of drug-likeness (QED) is 0.301. The number of aryl methyl sites for hydroxylation is 2. The Kier molecular flexibility index (Phi) is 7.42. The first-order chi connectivity index (χ1) is 16.5. The number of benzene rings is 3. The third-order valence-corrected chi connectivity index (χ3v) is 7.57. The average Bonchev–Trinajstić information content (AvgIpc) is 2.83. The summed E-state index contributed by atoms with van der Waals surface area (Å²) in [5.41, 5.74) is 5.65. The van der Waals surface area contributed by atoms with Gasteiger partial charge in [0, 0.05) is 5.39 Å². The molecule has 0 spiro atoms. The molecule has 7 heteroatoms. The molecule has 0 unspecified atom stereocenters. The standard InChI is InChI=1S/C27H30N3O3P/c1-5-32-34(31,33-6-2)27-28-24-18-11-10-17-23(24)26(29-25-20(3)13-12-14-21(25)4)30(27)19-22-15-8-7-9-16-22/h7-18H,5-6,19H2,1-4H3. The molecule has 4 aromatic rings. The maximum Gasteiger partial charge on any atom is 0.396 e.